The third-order valence-electron chi connectivity index (χ3n) is 4.20. The molecule has 0 aromatic carbocycles. The SMILES string of the molecule is C=Cc1c(/C=C\C)[nH]c2c1C1CNCC1CC2. The van der Waals surface area contributed by atoms with E-state index >= 15 is 0 Å². The largest absolute Gasteiger partial charge is 0.358 e. The number of fused-ring (bicyclic) bond motifs is 3. The van der Waals surface area contributed by atoms with E-state index in [2.05, 4.69) is 36.0 Å². The Balaban J connectivity index is 2.12. The Morgan fingerprint density at radius 2 is 2.24 bits per heavy atom. The van der Waals surface area contributed by atoms with Crippen molar-refractivity contribution >= 4 is 12.2 Å². The summed E-state index contributed by atoms with van der Waals surface area (Å²) < 4.78 is 0. The molecule has 2 heteroatoms. The second kappa shape index (κ2) is 4.19. The Labute approximate surface area is 103 Å². The average molecular weight is 228 g/mol. The van der Waals surface area contributed by atoms with Crippen LogP contribution in [-0.2, 0) is 6.42 Å². The molecule has 2 atom stereocenters. The first-order valence-corrected chi connectivity index (χ1v) is 6.55. The van der Waals surface area contributed by atoms with E-state index in [1.54, 1.807) is 0 Å². The molecule has 2 N–H and O–H groups in total. The normalized spacial score (nSPS) is 27.1. The summed E-state index contributed by atoms with van der Waals surface area (Å²) in [7, 11) is 0. The van der Waals surface area contributed by atoms with E-state index in [1.807, 2.05) is 6.08 Å². The van der Waals surface area contributed by atoms with E-state index in [4.69, 9.17) is 0 Å². The number of aryl methyl sites for hydroxylation is 1. The summed E-state index contributed by atoms with van der Waals surface area (Å²) in [6.07, 6.45) is 8.78. The quantitative estimate of drug-likeness (QED) is 0.800. The zero-order chi connectivity index (χ0) is 11.8. The van der Waals surface area contributed by atoms with Crippen LogP contribution in [0.3, 0.4) is 0 Å². The highest BCUT2D eigenvalue weighted by Crippen LogP contribution is 2.41. The number of aromatic amines is 1. The molecule has 2 unspecified atom stereocenters. The molecule has 0 spiro atoms. The van der Waals surface area contributed by atoms with Gasteiger partial charge in [0.15, 0.2) is 0 Å². The molecule has 1 aliphatic heterocycles. The van der Waals surface area contributed by atoms with Crippen LogP contribution in [0.25, 0.3) is 12.2 Å². The minimum atomic E-state index is 0.696. The summed E-state index contributed by atoms with van der Waals surface area (Å²) in [6.45, 7) is 8.37. The van der Waals surface area contributed by atoms with Crippen molar-refractivity contribution in [1.29, 1.82) is 0 Å². The van der Waals surface area contributed by atoms with Crippen LogP contribution in [0.5, 0.6) is 0 Å². The topological polar surface area (TPSA) is 27.8 Å². The molecule has 0 saturated carbocycles. The lowest BCUT2D eigenvalue weighted by Crippen LogP contribution is -2.18. The monoisotopic (exact) mass is 228 g/mol. The van der Waals surface area contributed by atoms with Gasteiger partial charge in [0.05, 0.1) is 0 Å². The smallest absolute Gasteiger partial charge is 0.0455 e. The molecule has 2 aliphatic rings. The van der Waals surface area contributed by atoms with Gasteiger partial charge >= 0.3 is 0 Å². The first-order valence-electron chi connectivity index (χ1n) is 6.55. The molecule has 1 aliphatic carbocycles. The van der Waals surface area contributed by atoms with Crippen LogP contribution < -0.4 is 5.32 Å². The van der Waals surface area contributed by atoms with E-state index < -0.39 is 0 Å². The maximum Gasteiger partial charge on any atom is 0.0455 e. The van der Waals surface area contributed by atoms with Crippen LogP contribution in [0.4, 0.5) is 0 Å². The van der Waals surface area contributed by atoms with Gasteiger partial charge in [0.2, 0.25) is 0 Å². The Bertz CT molecular complexity index is 468. The maximum absolute atomic E-state index is 3.99. The summed E-state index contributed by atoms with van der Waals surface area (Å²) in [5.41, 5.74) is 5.55. The van der Waals surface area contributed by atoms with Crippen LogP contribution >= 0.6 is 0 Å². The predicted molar refractivity (Wildman–Crippen MR) is 73.0 cm³/mol. The number of hydrogen-bond acceptors (Lipinski definition) is 1. The van der Waals surface area contributed by atoms with E-state index in [9.17, 15) is 0 Å². The minimum Gasteiger partial charge on any atom is -0.358 e. The van der Waals surface area contributed by atoms with Crippen molar-refractivity contribution in [2.24, 2.45) is 5.92 Å². The van der Waals surface area contributed by atoms with Gasteiger partial charge in [-0.3, -0.25) is 0 Å². The van der Waals surface area contributed by atoms with Gasteiger partial charge in [0, 0.05) is 29.4 Å². The third kappa shape index (κ3) is 1.59. The molecule has 1 fully saturated rings. The number of nitrogens with one attached hydrogen (secondary N) is 2. The lowest BCUT2D eigenvalue weighted by molar-refractivity contribution is 0.449. The fourth-order valence-electron chi connectivity index (χ4n) is 3.45. The van der Waals surface area contributed by atoms with Crippen molar-refractivity contribution in [2.45, 2.75) is 25.7 Å². The second-order valence-electron chi connectivity index (χ2n) is 5.11. The maximum atomic E-state index is 3.99. The van der Waals surface area contributed by atoms with Gasteiger partial charge in [0.1, 0.15) is 0 Å². The van der Waals surface area contributed by atoms with Crippen LogP contribution in [0.1, 0.15) is 41.8 Å². The molecular weight excluding hydrogens is 208 g/mol. The van der Waals surface area contributed by atoms with Gasteiger partial charge in [0.25, 0.3) is 0 Å². The van der Waals surface area contributed by atoms with Crippen molar-refractivity contribution in [3.63, 3.8) is 0 Å². The van der Waals surface area contributed by atoms with Crippen LogP contribution in [0.2, 0.25) is 0 Å². The number of hydrogen-bond donors (Lipinski definition) is 2. The fraction of sp³-hybridized carbons (Fsp3) is 0.467. The summed E-state index contributed by atoms with van der Waals surface area (Å²) in [4.78, 5) is 3.58. The number of H-pyrrole nitrogens is 1. The molecule has 17 heavy (non-hydrogen) atoms. The molecule has 1 aromatic rings. The zero-order valence-corrected chi connectivity index (χ0v) is 10.4. The van der Waals surface area contributed by atoms with Gasteiger partial charge in [-0.05, 0) is 43.9 Å². The van der Waals surface area contributed by atoms with Gasteiger partial charge < -0.3 is 10.3 Å². The third-order valence-corrected chi connectivity index (χ3v) is 4.20. The average Bonchev–Trinajstić information content (AvgIpc) is 2.91. The number of allylic oxidation sites excluding steroid dienone is 1. The molecule has 0 bridgehead atoms. The van der Waals surface area contributed by atoms with Crippen molar-refractivity contribution in [2.75, 3.05) is 13.1 Å². The summed E-state index contributed by atoms with van der Waals surface area (Å²) >= 11 is 0. The van der Waals surface area contributed by atoms with Gasteiger partial charge in [-0.2, -0.15) is 0 Å². The lowest BCUT2D eigenvalue weighted by atomic mass is 9.78. The molecule has 2 nitrogen and oxygen atoms in total. The van der Waals surface area contributed by atoms with Crippen LogP contribution in [0, 0.1) is 5.92 Å². The highest BCUT2D eigenvalue weighted by Gasteiger charge is 2.36. The first kappa shape index (κ1) is 10.8. The summed E-state index contributed by atoms with van der Waals surface area (Å²) in [6, 6.07) is 0. The fourth-order valence-corrected chi connectivity index (χ4v) is 3.45. The van der Waals surface area contributed by atoms with Gasteiger partial charge in [-0.25, -0.2) is 0 Å². The molecule has 3 rings (SSSR count). The Hall–Kier alpha value is -1.28. The molecule has 0 radical (unpaired) electrons. The van der Waals surface area contributed by atoms with E-state index in [0.717, 1.165) is 12.5 Å². The summed E-state index contributed by atoms with van der Waals surface area (Å²) in [5, 5.41) is 3.53. The predicted octanol–water partition coefficient (Wildman–Crippen LogP) is 2.94. The standard InChI is InChI=1S/C15H20N2/c1-3-5-13-11(4-2)15-12-9-16-8-10(12)6-7-14(15)17-13/h3-5,10,12,16-17H,2,6-9H2,1H3/b5-3-. The second-order valence-corrected chi connectivity index (χ2v) is 5.11. The summed E-state index contributed by atoms with van der Waals surface area (Å²) in [5.74, 6) is 1.53. The lowest BCUT2D eigenvalue weighted by Gasteiger charge is -2.25. The highest BCUT2D eigenvalue weighted by atomic mass is 14.9. The molecular formula is C15H20N2. The van der Waals surface area contributed by atoms with Crippen molar-refractivity contribution in [3.05, 3.63) is 35.2 Å². The highest BCUT2D eigenvalue weighted by molar-refractivity contribution is 5.68. The Morgan fingerprint density at radius 3 is 3.00 bits per heavy atom. The van der Waals surface area contributed by atoms with Gasteiger partial charge in [-0.1, -0.05) is 18.7 Å². The number of rotatable bonds is 2. The molecule has 0 amide bonds. The van der Waals surface area contributed by atoms with Crippen molar-refractivity contribution in [3.8, 4) is 0 Å². The first-order chi connectivity index (χ1) is 8.35. The molecule has 1 aromatic heterocycles. The van der Waals surface area contributed by atoms with Crippen molar-refractivity contribution in [1.82, 2.24) is 10.3 Å². The van der Waals surface area contributed by atoms with Gasteiger partial charge in [-0.15, -0.1) is 0 Å². The number of aromatic nitrogens is 1. The Morgan fingerprint density at radius 1 is 1.35 bits per heavy atom. The Kier molecular flexibility index (Phi) is 2.67. The molecule has 2 heterocycles. The van der Waals surface area contributed by atoms with Crippen molar-refractivity contribution < 1.29 is 0 Å². The van der Waals surface area contributed by atoms with E-state index in [0.29, 0.717) is 5.92 Å². The minimum absolute atomic E-state index is 0.696. The van der Waals surface area contributed by atoms with Crippen LogP contribution in [-0.4, -0.2) is 18.1 Å². The molecule has 90 valence electrons. The molecule has 1 saturated heterocycles. The van der Waals surface area contributed by atoms with E-state index in [-0.39, 0.29) is 0 Å². The van der Waals surface area contributed by atoms with Crippen LogP contribution in [0.15, 0.2) is 12.7 Å². The van der Waals surface area contributed by atoms with E-state index in [1.165, 1.54) is 41.9 Å². The zero-order valence-electron chi connectivity index (χ0n) is 10.4.